The number of hydrogen-bond donors (Lipinski definition) is 1. The normalized spacial score (nSPS) is 14.5. The summed E-state index contributed by atoms with van der Waals surface area (Å²) in [4.78, 5) is 20.5. The highest BCUT2D eigenvalue weighted by Crippen LogP contribution is 2.38. The van der Waals surface area contributed by atoms with Gasteiger partial charge < -0.3 is 29.2 Å². The Morgan fingerprint density at radius 2 is 1.65 bits per heavy atom. The SMILES string of the molecule is CCNC(=NCCC(=O)OC)N1CCN(Cc2cc(OC)c(OC)c(OC)c2)CC1.I. The molecule has 2 rings (SSSR count). The van der Waals surface area contributed by atoms with Gasteiger partial charge >= 0.3 is 5.97 Å². The summed E-state index contributed by atoms with van der Waals surface area (Å²) in [6, 6.07) is 3.98. The molecule has 0 radical (unpaired) electrons. The lowest BCUT2D eigenvalue weighted by atomic mass is 10.1. The second-order valence-corrected chi connectivity index (χ2v) is 6.86. The number of ether oxygens (including phenoxy) is 4. The fourth-order valence-corrected chi connectivity index (χ4v) is 3.38. The van der Waals surface area contributed by atoms with Crippen LogP contribution < -0.4 is 19.5 Å². The van der Waals surface area contributed by atoms with Crippen molar-refractivity contribution < 1.29 is 23.7 Å². The molecule has 1 N–H and O–H groups in total. The summed E-state index contributed by atoms with van der Waals surface area (Å²) in [5.41, 5.74) is 1.11. The highest BCUT2D eigenvalue weighted by Gasteiger charge is 2.21. The van der Waals surface area contributed by atoms with Crippen molar-refractivity contribution in [3.63, 3.8) is 0 Å². The van der Waals surface area contributed by atoms with E-state index in [0.29, 0.717) is 23.8 Å². The molecular formula is C21H35IN4O5. The number of carbonyl (C=O) groups is 1. The molecular weight excluding hydrogens is 515 g/mol. The Hall–Kier alpha value is -1.95. The molecule has 1 aliphatic heterocycles. The molecule has 0 unspecified atom stereocenters. The predicted octanol–water partition coefficient (Wildman–Crippen LogP) is 1.98. The zero-order chi connectivity index (χ0) is 21.9. The number of carbonyl (C=O) groups excluding carboxylic acids is 1. The van der Waals surface area contributed by atoms with Gasteiger partial charge in [-0.1, -0.05) is 0 Å². The topological polar surface area (TPSA) is 84.9 Å². The first kappa shape index (κ1) is 27.1. The van der Waals surface area contributed by atoms with Gasteiger partial charge in [-0.3, -0.25) is 14.7 Å². The zero-order valence-electron chi connectivity index (χ0n) is 19.1. The van der Waals surface area contributed by atoms with Crippen molar-refractivity contribution >= 4 is 35.9 Å². The summed E-state index contributed by atoms with van der Waals surface area (Å²) in [7, 11) is 6.25. The summed E-state index contributed by atoms with van der Waals surface area (Å²) in [6.07, 6.45) is 0.284. The fourth-order valence-electron chi connectivity index (χ4n) is 3.38. The van der Waals surface area contributed by atoms with Gasteiger partial charge in [-0.05, 0) is 24.6 Å². The van der Waals surface area contributed by atoms with E-state index in [1.54, 1.807) is 21.3 Å². The van der Waals surface area contributed by atoms with Gasteiger partial charge in [0.2, 0.25) is 5.75 Å². The Kier molecular flexibility index (Phi) is 12.4. The van der Waals surface area contributed by atoms with Crippen LogP contribution in [0.15, 0.2) is 17.1 Å². The summed E-state index contributed by atoms with van der Waals surface area (Å²) in [5, 5.41) is 3.31. The number of methoxy groups -OCH3 is 4. The van der Waals surface area contributed by atoms with E-state index in [0.717, 1.165) is 50.8 Å². The lowest BCUT2D eigenvalue weighted by Crippen LogP contribution is -2.52. The van der Waals surface area contributed by atoms with E-state index in [9.17, 15) is 4.79 Å². The number of guanidine groups is 1. The Morgan fingerprint density at radius 3 is 2.13 bits per heavy atom. The van der Waals surface area contributed by atoms with Crippen molar-refractivity contribution in [1.29, 1.82) is 0 Å². The van der Waals surface area contributed by atoms with Crippen molar-refractivity contribution in [3.8, 4) is 17.2 Å². The van der Waals surface area contributed by atoms with E-state index >= 15 is 0 Å². The van der Waals surface area contributed by atoms with Crippen LogP contribution in [0.5, 0.6) is 17.2 Å². The van der Waals surface area contributed by atoms with Crippen LogP contribution in [0.25, 0.3) is 0 Å². The molecule has 10 heteroatoms. The lowest BCUT2D eigenvalue weighted by Gasteiger charge is -2.36. The molecule has 0 amide bonds. The Labute approximate surface area is 202 Å². The molecule has 1 aliphatic rings. The van der Waals surface area contributed by atoms with Crippen LogP contribution in [0.4, 0.5) is 0 Å². The molecule has 0 saturated carbocycles. The average Bonchev–Trinajstić information content (AvgIpc) is 2.78. The molecule has 1 aromatic rings. The number of nitrogens with one attached hydrogen (secondary N) is 1. The second-order valence-electron chi connectivity index (χ2n) is 6.86. The molecule has 9 nitrogen and oxygen atoms in total. The van der Waals surface area contributed by atoms with E-state index in [4.69, 9.17) is 14.2 Å². The van der Waals surface area contributed by atoms with Gasteiger partial charge in [-0.15, -0.1) is 24.0 Å². The maximum Gasteiger partial charge on any atom is 0.307 e. The summed E-state index contributed by atoms with van der Waals surface area (Å²) >= 11 is 0. The molecule has 1 fully saturated rings. The number of halogens is 1. The van der Waals surface area contributed by atoms with Crippen molar-refractivity contribution in [3.05, 3.63) is 17.7 Å². The monoisotopic (exact) mass is 550 g/mol. The van der Waals surface area contributed by atoms with Crippen LogP contribution in [0.3, 0.4) is 0 Å². The van der Waals surface area contributed by atoms with Crippen molar-refractivity contribution in [1.82, 2.24) is 15.1 Å². The van der Waals surface area contributed by atoms with Gasteiger partial charge in [0.15, 0.2) is 17.5 Å². The molecule has 0 atom stereocenters. The second kappa shape index (κ2) is 14.2. The number of rotatable bonds is 9. The third kappa shape index (κ3) is 7.91. The molecule has 1 aromatic carbocycles. The van der Waals surface area contributed by atoms with Crippen LogP contribution in [0.2, 0.25) is 0 Å². The zero-order valence-corrected chi connectivity index (χ0v) is 21.4. The highest BCUT2D eigenvalue weighted by atomic mass is 127. The van der Waals surface area contributed by atoms with Gasteiger partial charge in [0.25, 0.3) is 0 Å². The minimum atomic E-state index is -0.246. The Bertz CT molecular complexity index is 699. The highest BCUT2D eigenvalue weighted by molar-refractivity contribution is 14.0. The number of hydrogen-bond acceptors (Lipinski definition) is 7. The fraction of sp³-hybridized carbons (Fsp3) is 0.619. The quantitative estimate of drug-likeness (QED) is 0.216. The Balaban J connectivity index is 0.00000480. The predicted molar refractivity (Wildman–Crippen MR) is 131 cm³/mol. The molecule has 1 heterocycles. The van der Waals surface area contributed by atoms with E-state index < -0.39 is 0 Å². The molecule has 31 heavy (non-hydrogen) atoms. The van der Waals surface area contributed by atoms with E-state index in [1.165, 1.54) is 7.11 Å². The number of benzene rings is 1. The largest absolute Gasteiger partial charge is 0.493 e. The number of piperazine rings is 1. The minimum Gasteiger partial charge on any atom is -0.493 e. The molecule has 0 aromatic heterocycles. The van der Waals surface area contributed by atoms with Gasteiger partial charge in [0, 0.05) is 39.3 Å². The van der Waals surface area contributed by atoms with E-state index in [2.05, 4.69) is 24.8 Å². The third-order valence-electron chi connectivity index (χ3n) is 4.94. The summed E-state index contributed by atoms with van der Waals surface area (Å²) in [6.45, 7) is 7.54. The number of esters is 1. The number of nitrogens with zero attached hydrogens (tertiary/aromatic N) is 3. The van der Waals surface area contributed by atoms with Crippen molar-refractivity contribution in [2.24, 2.45) is 4.99 Å². The first-order valence-corrected chi connectivity index (χ1v) is 10.2. The van der Waals surface area contributed by atoms with Gasteiger partial charge in [-0.25, -0.2) is 0 Å². The standard InChI is InChI=1S/C21H34N4O5.HI/c1-6-22-21(23-8-7-19(26)29-4)25-11-9-24(10-12-25)15-16-13-17(27-2)20(30-5)18(14-16)28-3;/h13-14H,6-12,15H2,1-5H3,(H,22,23);1H. The maximum absolute atomic E-state index is 11.3. The maximum atomic E-state index is 11.3. The van der Waals surface area contributed by atoms with E-state index in [-0.39, 0.29) is 36.4 Å². The first-order valence-electron chi connectivity index (χ1n) is 10.2. The molecule has 0 spiro atoms. The Morgan fingerprint density at radius 1 is 1.03 bits per heavy atom. The van der Waals surface area contributed by atoms with Crippen molar-refractivity contribution in [2.45, 2.75) is 19.9 Å². The van der Waals surface area contributed by atoms with Crippen molar-refractivity contribution in [2.75, 3.05) is 67.7 Å². The van der Waals surface area contributed by atoms with Crippen LogP contribution >= 0.6 is 24.0 Å². The summed E-state index contributed by atoms with van der Waals surface area (Å²) < 4.78 is 21.0. The van der Waals surface area contributed by atoms with Crippen LogP contribution in [0.1, 0.15) is 18.9 Å². The number of aliphatic imine (C=N–C) groups is 1. The van der Waals surface area contributed by atoms with Gasteiger partial charge in [-0.2, -0.15) is 0 Å². The summed E-state index contributed by atoms with van der Waals surface area (Å²) in [5.74, 6) is 2.53. The first-order chi connectivity index (χ1) is 14.6. The smallest absolute Gasteiger partial charge is 0.307 e. The minimum absolute atomic E-state index is 0. The molecule has 0 bridgehead atoms. The van der Waals surface area contributed by atoms with Gasteiger partial charge in [0.1, 0.15) is 0 Å². The van der Waals surface area contributed by atoms with Gasteiger partial charge in [0.05, 0.1) is 41.4 Å². The third-order valence-corrected chi connectivity index (χ3v) is 4.94. The molecule has 176 valence electrons. The lowest BCUT2D eigenvalue weighted by molar-refractivity contribution is -0.140. The average molecular weight is 550 g/mol. The van der Waals surface area contributed by atoms with Crippen LogP contribution in [-0.4, -0.2) is 89.4 Å². The van der Waals surface area contributed by atoms with Crippen LogP contribution in [0, 0.1) is 0 Å². The van der Waals surface area contributed by atoms with Crippen LogP contribution in [-0.2, 0) is 16.1 Å². The molecule has 1 saturated heterocycles. The van der Waals surface area contributed by atoms with E-state index in [1.807, 2.05) is 19.1 Å². The molecule has 0 aliphatic carbocycles.